The highest BCUT2D eigenvalue weighted by molar-refractivity contribution is 5.75. The van der Waals surface area contributed by atoms with Crippen LogP contribution in [0.3, 0.4) is 0 Å². The van der Waals surface area contributed by atoms with Gasteiger partial charge in [-0.1, -0.05) is 52.0 Å². The number of amides is 2. The first kappa shape index (κ1) is 37.7. The van der Waals surface area contributed by atoms with Crippen molar-refractivity contribution in [2.75, 3.05) is 39.3 Å². The lowest BCUT2D eigenvalue weighted by molar-refractivity contribution is 0.168. The third kappa shape index (κ3) is 14.9. The van der Waals surface area contributed by atoms with Crippen molar-refractivity contribution in [3.05, 3.63) is 52.2 Å². The van der Waals surface area contributed by atoms with E-state index in [4.69, 9.17) is 17.2 Å². The van der Waals surface area contributed by atoms with Gasteiger partial charge < -0.3 is 43.0 Å². The molecule has 1 aliphatic rings. The summed E-state index contributed by atoms with van der Waals surface area (Å²) in [7, 11) is 0. The summed E-state index contributed by atoms with van der Waals surface area (Å²) in [6.45, 7) is 20.2. The zero-order valence-electron chi connectivity index (χ0n) is 28.5. The Hall–Kier alpha value is -3.48. The number of hydrogen-bond acceptors (Lipinski definition) is 7. The zero-order chi connectivity index (χ0) is 33.6. The van der Waals surface area contributed by atoms with Crippen LogP contribution in [0.15, 0.2) is 40.2 Å². The third-order valence-corrected chi connectivity index (χ3v) is 7.21. The van der Waals surface area contributed by atoms with Gasteiger partial charge in [0.15, 0.2) is 5.96 Å². The summed E-state index contributed by atoms with van der Waals surface area (Å²) in [5.74, 6) is 1.33. The molecule has 1 aliphatic heterocycles. The molecule has 2 atom stereocenters. The Morgan fingerprint density at radius 2 is 1.84 bits per heavy atom. The molecule has 0 saturated carbocycles. The lowest BCUT2D eigenvalue weighted by Gasteiger charge is -2.35. The van der Waals surface area contributed by atoms with Gasteiger partial charge in [0.05, 0.1) is 5.56 Å². The molecular formula is C33H58N10O2. The minimum atomic E-state index is -0.188. The molecule has 0 aliphatic carbocycles. The van der Waals surface area contributed by atoms with Crippen molar-refractivity contribution in [1.29, 1.82) is 0 Å². The van der Waals surface area contributed by atoms with E-state index in [9.17, 15) is 9.59 Å². The monoisotopic (exact) mass is 626 g/mol. The van der Waals surface area contributed by atoms with E-state index in [1.54, 1.807) is 6.20 Å². The van der Waals surface area contributed by atoms with E-state index >= 15 is 0 Å². The van der Waals surface area contributed by atoms with Crippen LogP contribution in [0.5, 0.6) is 0 Å². The molecule has 12 nitrogen and oxygen atoms in total. The number of rotatable bonds is 11. The predicted octanol–water partition coefficient (Wildman–Crippen LogP) is 2.63. The van der Waals surface area contributed by atoms with E-state index < -0.39 is 0 Å². The number of nitrogens with one attached hydrogen (secondary N) is 4. The first-order valence-electron chi connectivity index (χ1n) is 16.0. The number of guanidine groups is 1. The second-order valence-electron chi connectivity index (χ2n) is 14.0. The molecule has 1 fully saturated rings. The third-order valence-electron chi connectivity index (χ3n) is 7.21. The summed E-state index contributed by atoms with van der Waals surface area (Å²) in [5, 5.41) is 9.36. The van der Waals surface area contributed by atoms with Crippen LogP contribution < -0.4 is 38.7 Å². The summed E-state index contributed by atoms with van der Waals surface area (Å²) >= 11 is 0. The van der Waals surface area contributed by atoms with E-state index in [1.165, 1.54) is 0 Å². The number of nitrogens with two attached hydrogens (primary N) is 3. The van der Waals surface area contributed by atoms with Crippen molar-refractivity contribution in [1.82, 2.24) is 30.8 Å². The molecule has 2 amide bonds. The van der Waals surface area contributed by atoms with E-state index in [1.807, 2.05) is 65.8 Å². The minimum Gasteiger partial charge on any atom is -0.370 e. The molecule has 45 heavy (non-hydrogen) atoms. The highest BCUT2D eigenvalue weighted by atomic mass is 16.2. The number of likely N-dealkylation sites (tertiary alicyclic amines) is 1. The van der Waals surface area contributed by atoms with Gasteiger partial charge >= 0.3 is 6.03 Å². The number of aromatic amines is 1. The predicted molar refractivity (Wildman–Crippen MR) is 185 cm³/mol. The number of benzene rings is 1. The Morgan fingerprint density at radius 3 is 2.42 bits per heavy atom. The fourth-order valence-corrected chi connectivity index (χ4v) is 4.85. The number of aliphatic imine (C=N–C) groups is 1. The van der Waals surface area contributed by atoms with Crippen molar-refractivity contribution in [3.8, 4) is 11.1 Å². The summed E-state index contributed by atoms with van der Waals surface area (Å²) in [6.07, 6.45) is 4.72. The Bertz CT molecular complexity index is 1260. The van der Waals surface area contributed by atoms with Crippen LogP contribution in [0, 0.1) is 5.92 Å². The average molecular weight is 627 g/mol. The van der Waals surface area contributed by atoms with Crippen LogP contribution in [0.2, 0.25) is 0 Å². The molecular weight excluding hydrogens is 568 g/mol. The number of carbonyl (C=O) groups excluding carboxylic acids is 1. The first-order valence-corrected chi connectivity index (χ1v) is 16.0. The van der Waals surface area contributed by atoms with Gasteiger partial charge in [-0.3, -0.25) is 9.79 Å². The Labute approximate surface area is 269 Å². The number of carbonyl (C=O) groups is 1. The molecule has 1 saturated heterocycles. The van der Waals surface area contributed by atoms with Gasteiger partial charge in [-0.15, -0.1) is 0 Å². The van der Waals surface area contributed by atoms with E-state index in [2.05, 4.69) is 42.7 Å². The molecule has 2 heterocycles. The van der Waals surface area contributed by atoms with Crippen molar-refractivity contribution in [3.63, 3.8) is 0 Å². The van der Waals surface area contributed by atoms with Crippen molar-refractivity contribution < 1.29 is 4.79 Å². The number of nitrogens with zero attached hydrogens (tertiary/aromatic N) is 3. The molecule has 10 N–H and O–H groups in total. The summed E-state index contributed by atoms with van der Waals surface area (Å²) in [5.41, 5.74) is 18.3. The van der Waals surface area contributed by atoms with Crippen LogP contribution in [0.4, 0.5) is 4.79 Å². The smallest absolute Gasteiger partial charge is 0.315 e. The largest absolute Gasteiger partial charge is 0.370 e. The lowest BCUT2D eigenvalue weighted by Crippen LogP contribution is -2.54. The standard InChI is InChI=1S/C19H28N6O.C14H30N4O/c1-19(2,3)17-24-12-15(16(26)25-17)14-7-5-13(6-8-14)11-22-9-4-10-23-18(20)21;1-11(8-15)9-18-7-5-6-12(10-18)16-13(19)17-14(2,3)4/h5-8,12,22H,4,9-11H2,1-3H3,(H4,20,21,23)(H,24,25,26);11-12H,5-10,15H2,1-4H3,(H2,16,17,19)/t;11-,12+/m.0/s1. The highest BCUT2D eigenvalue weighted by Crippen LogP contribution is 2.19. The van der Waals surface area contributed by atoms with E-state index in [0.717, 1.165) is 69.7 Å². The van der Waals surface area contributed by atoms with Crippen molar-refractivity contribution in [2.24, 2.45) is 28.1 Å². The molecule has 2 aromatic rings. The van der Waals surface area contributed by atoms with E-state index in [-0.39, 0.29) is 34.5 Å². The van der Waals surface area contributed by atoms with Crippen LogP contribution in [0.25, 0.3) is 11.1 Å². The fourth-order valence-electron chi connectivity index (χ4n) is 4.85. The molecule has 1 aromatic carbocycles. The number of H-pyrrole nitrogens is 1. The van der Waals surface area contributed by atoms with Gasteiger partial charge in [0.1, 0.15) is 5.82 Å². The van der Waals surface area contributed by atoms with Crippen LogP contribution in [-0.2, 0) is 12.0 Å². The molecule has 12 heteroatoms. The number of aromatic nitrogens is 2. The maximum absolute atomic E-state index is 12.4. The van der Waals surface area contributed by atoms with Gasteiger partial charge in [0.2, 0.25) is 0 Å². The number of piperidine rings is 1. The Kier molecular flexibility index (Phi) is 15.0. The lowest BCUT2D eigenvalue weighted by atomic mass is 9.95. The fraction of sp³-hybridized carbons (Fsp3) is 0.636. The summed E-state index contributed by atoms with van der Waals surface area (Å²) in [4.78, 5) is 37.8. The van der Waals surface area contributed by atoms with Crippen LogP contribution in [0.1, 0.15) is 79.1 Å². The highest BCUT2D eigenvalue weighted by Gasteiger charge is 2.23. The average Bonchev–Trinajstić information content (AvgIpc) is 2.94. The van der Waals surface area contributed by atoms with Gasteiger partial charge in [-0.2, -0.15) is 0 Å². The molecule has 1 aromatic heterocycles. The quantitative estimate of drug-likeness (QED) is 0.112. The summed E-state index contributed by atoms with van der Waals surface area (Å²) in [6, 6.07) is 8.09. The maximum atomic E-state index is 12.4. The van der Waals surface area contributed by atoms with Gasteiger partial charge in [-0.25, -0.2) is 9.78 Å². The molecule has 0 bridgehead atoms. The van der Waals surface area contributed by atoms with Crippen LogP contribution >= 0.6 is 0 Å². The molecule has 0 radical (unpaired) electrons. The first-order chi connectivity index (χ1) is 21.1. The van der Waals surface area contributed by atoms with E-state index in [0.29, 0.717) is 23.9 Å². The van der Waals surface area contributed by atoms with Gasteiger partial charge in [0, 0.05) is 49.4 Å². The summed E-state index contributed by atoms with van der Waals surface area (Å²) < 4.78 is 0. The second kappa shape index (κ2) is 17.9. The SMILES string of the molecule is CC(C)(C)c1ncc(-c2ccc(CNCCCN=C(N)N)cc2)c(=O)[nH]1.C[C@@H](CN)CN1CCC[C@@H](NC(=O)NC(C)(C)C)C1. The van der Waals surface area contributed by atoms with Gasteiger partial charge in [0.25, 0.3) is 5.56 Å². The minimum absolute atomic E-state index is 0.0637. The maximum Gasteiger partial charge on any atom is 0.315 e. The molecule has 3 rings (SSSR count). The Balaban J connectivity index is 0.000000330. The number of urea groups is 1. The van der Waals surface area contributed by atoms with Crippen molar-refractivity contribution >= 4 is 12.0 Å². The topological polar surface area (TPSA) is 193 Å². The molecule has 0 unspecified atom stereocenters. The van der Waals surface area contributed by atoms with Crippen molar-refractivity contribution in [2.45, 2.75) is 91.3 Å². The van der Waals surface area contributed by atoms with Gasteiger partial charge in [-0.05, 0) is 76.7 Å². The Morgan fingerprint density at radius 1 is 1.16 bits per heavy atom. The second-order valence-corrected chi connectivity index (χ2v) is 14.0. The molecule has 252 valence electrons. The normalized spacial score (nSPS) is 16.2. The zero-order valence-corrected chi connectivity index (χ0v) is 28.5. The van der Waals surface area contributed by atoms with Crippen LogP contribution in [-0.4, -0.2) is 77.7 Å². The number of hydrogen-bond donors (Lipinski definition) is 7. The molecule has 0 spiro atoms.